The zero-order valence-corrected chi connectivity index (χ0v) is 10.9. The van der Waals surface area contributed by atoms with E-state index in [1.807, 2.05) is 13.0 Å². The number of nitriles is 1. The van der Waals surface area contributed by atoms with E-state index in [2.05, 4.69) is 4.98 Å². The number of aliphatic hydroxyl groups is 1. The summed E-state index contributed by atoms with van der Waals surface area (Å²) in [4.78, 5) is 5.22. The van der Waals surface area contributed by atoms with Crippen molar-refractivity contribution in [1.82, 2.24) is 4.98 Å². The third-order valence-electron chi connectivity index (χ3n) is 3.45. The predicted molar refractivity (Wildman–Crippen MR) is 66.0 cm³/mol. The Bertz CT molecular complexity index is 539. The molecular formula is C13H14F3N3O. The molecule has 0 aliphatic carbocycles. The van der Waals surface area contributed by atoms with Gasteiger partial charge in [-0.3, -0.25) is 0 Å². The summed E-state index contributed by atoms with van der Waals surface area (Å²) in [7, 11) is 0. The number of anilines is 1. The molecule has 0 saturated carbocycles. The molecule has 0 amide bonds. The van der Waals surface area contributed by atoms with Crippen molar-refractivity contribution in [2.45, 2.75) is 25.6 Å². The lowest BCUT2D eigenvalue weighted by molar-refractivity contribution is -0.141. The first-order chi connectivity index (χ1) is 9.32. The van der Waals surface area contributed by atoms with Gasteiger partial charge in [0.1, 0.15) is 17.6 Å². The number of aromatic nitrogens is 1. The molecule has 2 unspecified atom stereocenters. The maximum absolute atomic E-state index is 12.7. The third kappa shape index (κ3) is 2.85. The largest absolute Gasteiger partial charge is 0.433 e. The summed E-state index contributed by atoms with van der Waals surface area (Å²) in [5.41, 5.74) is -0.896. The van der Waals surface area contributed by atoms with Crippen LogP contribution in [0.3, 0.4) is 0 Å². The van der Waals surface area contributed by atoms with Gasteiger partial charge >= 0.3 is 6.18 Å². The van der Waals surface area contributed by atoms with E-state index in [1.165, 1.54) is 0 Å². The standard InChI is InChI=1S/C13H14F3N3O/c1-8-7-19(5-4-10(8)20)12-9(6-17)2-3-11(18-12)13(14,15)16/h2-3,8,10,20H,4-5,7H2,1H3. The van der Waals surface area contributed by atoms with Crippen LogP contribution in [-0.4, -0.2) is 29.3 Å². The Morgan fingerprint density at radius 1 is 1.45 bits per heavy atom. The Morgan fingerprint density at radius 3 is 2.70 bits per heavy atom. The maximum atomic E-state index is 12.7. The van der Waals surface area contributed by atoms with E-state index >= 15 is 0 Å². The Labute approximate surface area is 114 Å². The number of pyridine rings is 1. The lowest BCUT2D eigenvalue weighted by atomic mass is 9.96. The first-order valence-electron chi connectivity index (χ1n) is 6.24. The van der Waals surface area contributed by atoms with Crippen molar-refractivity contribution in [3.05, 3.63) is 23.4 Å². The van der Waals surface area contributed by atoms with Crippen molar-refractivity contribution in [3.8, 4) is 6.07 Å². The highest BCUT2D eigenvalue weighted by atomic mass is 19.4. The van der Waals surface area contributed by atoms with Crippen LogP contribution in [0.2, 0.25) is 0 Å². The number of hydrogen-bond acceptors (Lipinski definition) is 4. The second-order valence-electron chi connectivity index (χ2n) is 4.96. The highest BCUT2D eigenvalue weighted by molar-refractivity contribution is 5.55. The van der Waals surface area contributed by atoms with E-state index in [1.54, 1.807) is 4.90 Å². The summed E-state index contributed by atoms with van der Waals surface area (Å²) in [6.45, 7) is 2.58. The fourth-order valence-electron chi connectivity index (χ4n) is 2.26. The molecule has 2 rings (SSSR count). The van der Waals surface area contributed by atoms with E-state index in [0.717, 1.165) is 12.1 Å². The van der Waals surface area contributed by atoms with Crippen LogP contribution in [0.1, 0.15) is 24.6 Å². The minimum absolute atomic E-state index is 0.0427. The van der Waals surface area contributed by atoms with Crippen LogP contribution in [-0.2, 0) is 6.18 Å². The number of hydrogen-bond donors (Lipinski definition) is 1. The van der Waals surface area contributed by atoms with E-state index in [4.69, 9.17) is 5.26 Å². The first kappa shape index (κ1) is 14.6. The minimum atomic E-state index is -4.54. The van der Waals surface area contributed by atoms with Crippen molar-refractivity contribution < 1.29 is 18.3 Å². The van der Waals surface area contributed by atoms with Gasteiger partial charge in [0.25, 0.3) is 0 Å². The highest BCUT2D eigenvalue weighted by Crippen LogP contribution is 2.31. The van der Waals surface area contributed by atoms with Crippen LogP contribution in [0.25, 0.3) is 0 Å². The quantitative estimate of drug-likeness (QED) is 0.859. The number of halogens is 3. The Morgan fingerprint density at radius 2 is 2.15 bits per heavy atom. The minimum Gasteiger partial charge on any atom is -0.393 e. The molecule has 1 aliphatic heterocycles. The highest BCUT2D eigenvalue weighted by Gasteiger charge is 2.34. The van der Waals surface area contributed by atoms with Crippen molar-refractivity contribution in [2.24, 2.45) is 5.92 Å². The zero-order valence-electron chi connectivity index (χ0n) is 10.9. The van der Waals surface area contributed by atoms with Crippen molar-refractivity contribution in [2.75, 3.05) is 18.0 Å². The molecule has 108 valence electrons. The van der Waals surface area contributed by atoms with Crippen molar-refractivity contribution in [1.29, 1.82) is 5.26 Å². The molecule has 4 nitrogen and oxygen atoms in total. The number of nitrogens with zero attached hydrogens (tertiary/aromatic N) is 3. The SMILES string of the molecule is CC1CN(c2nc(C(F)(F)F)ccc2C#N)CCC1O. The number of piperidine rings is 1. The van der Waals surface area contributed by atoms with Gasteiger partial charge in [0.2, 0.25) is 0 Å². The van der Waals surface area contributed by atoms with Gasteiger partial charge in [-0.1, -0.05) is 6.92 Å². The predicted octanol–water partition coefficient (Wildman–Crippen LogP) is 2.18. The van der Waals surface area contributed by atoms with Crippen molar-refractivity contribution >= 4 is 5.82 Å². The Kier molecular flexibility index (Phi) is 3.86. The summed E-state index contributed by atoms with van der Waals surface area (Å²) in [5.74, 6) is -0.0345. The Balaban J connectivity index is 2.37. The summed E-state index contributed by atoms with van der Waals surface area (Å²) in [6.07, 6.45) is -4.56. The van der Waals surface area contributed by atoms with Gasteiger partial charge in [-0.05, 0) is 24.5 Å². The van der Waals surface area contributed by atoms with Gasteiger partial charge in [-0.2, -0.15) is 18.4 Å². The molecule has 1 N–H and O–H groups in total. The van der Waals surface area contributed by atoms with Gasteiger partial charge in [0.05, 0.1) is 11.7 Å². The van der Waals surface area contributed by atoms with Crippen LogP contribution < -0.4 is 4.90 Å². The molecule has 0 bridgehead atoms. The number of aliphatic hydroxyl groups excluding tert-OH is 1. The lowest BCUT2D eigenvalue weighted by Crippen LogP contribution is -2.42. The summed E-state index contributed by atoms with van der Waals surface area (Å²) in [6, 6.07) is 3.81. The maximum Gasteiger partial charge on any atom is 0.433 e. The van der Waals surface area contributed by atoms with E-state index in [-0.39, 0.29) is 17.3 Å². The number of rotatable bonds is 1. The summed E-state index contributed by atoms with van der Waals surface area (Å²) in [5, 5.41) is 18.7. The van der Waals surface area contributed by atoms with Crippen molar-refractivity contribution in [3.63, 3.8) is 0 Å². The van der Waals surface area contributed by atoms with E-state index in [0.29, 0.717) is 19.5 Å². The molecule has 1 aliphatic rings. The molecule has 0 aromatic carbocycles. The molecule has 0 spiro atoms. The normalized spacial score (nSPS) is 23.5. The van der Waals surface area contributed by atoms with Crippen LogP contribution in [0, 0.1) is 17.2 Å². The first-order valence-corrected chi connectivity index (χ1v) is 6.24. The zero-order chi connectivity index (χ0) is 14.9. The van der Waals surface area contributed by atoms with Gasteiger partial charge in [0, 0.05) is 13.1 Å². The second-order valence-corrected chi connectivity index (χ2v) is 4.96. The molecule has 2 atom stereocenters. The topological polar surface area (TPSA) is 60.2 Å². The molecule has 7 heteroatoms. The summed E-state index contributed by atoms with van der Waals surface area (Å²) < 4.78 is 38.1. The van der Waals surface area contributed by atoms with Crippen LogP contribution in [0.5, 0.6) is 0 Å². The van der Waals surface area contributed by atoms with Gasteiger partial charge < -0.3 is 10.0 Å². The third-order valence-corrected chi connectivity index (χ3v) is 3.45. The second kappa shape index (κ2) is 5.29. The van der Waals surface area contributed by atoms with Crippen LogP contribution >= 0.6 is 0 Å². The monoisotopic (exact) mass is 285 g/mol. The fourth-order valence-corrected chi connectivity index (χ4v) is 2.26. The average Bonchev–Trinajstić information content (AvgIpc) is 2.40. The Hall–Kier alpha value is -1.81. The van der Waals surface area contributed by atoms with E-state index in [9.17, 15) is 18.3 Å². The van der Waals surface area contributed by atoms with Gasteiger partial charge in [0.15, 0.2) is 0 Å². The number of alkyl halides is 3. The lowest BCUT2D eigenvalue weighted by Gasteiger charge is -2.35. The molecule has 1 fully saturated rings. The van der Waals surface area contributed by atoms with E-state index < -0.39 is 18.0 Å². The fraction of sp³-hybridized carbons (Fsp3) is 0.538. The average molecular weight is 285 g/mol. The van der Waals surface area contributed by atoms with Crippen LogP contribution in [0.15, 0.2) is 12.1 Å². The molecular weight excluding hydrogens is 271 g/mol. The molecule has 1 saturated heterocycles. The molecule has 1 aromatic rings. The van der Waals surface area contributed by atoms with Gasteiger partial charge in [-0.15, -0.1) is 0 Å². The molecule has 2 heterocycles. The van der Waals surface area contributed by atoms with Gasteiger partial charge in [-0.25, -0.2) is 4.98 Å². The summed E-state index contributed by atoms with van der Waals surface area (Å²) >= 11 is 0. The van der Waals surface area contributed by atoms with Crippen LogP contribution in [0.4, 0.5) is 19.0 Å². The molecule has 0 radical (unpaired) electrons. The molecule has 1 aromatic heterocycles. The molecule has 20 heavy (non-hydrogen) atoms. The smallest absolute Gasteiger partial charge is 0.393 e.